The molecule has 0 aliphatic carbocycles. The van der Waals surface area contributed by atoms with Gasteiger partial charge in [0.25, 0.3) is 0 Å². The van der Waals surface area contributed by atoms with E-state index in [4.69, 9.17) is 5.84 Å². The average molecular weight is 244 g/mol. The summed E-state index contributed by atoms with van der Waals surface area (Å²) in [6, 6.07) is 4.12. The van der Waals surface area contributed by atoms with Crippen molar-refractivity contribution in [3.05, 3.63) is 28.5 Å². The largest absolute Gasteiger partial charge is 0.271 e. The number of hydrogen-bond acceptors (Lipinski definition) is 3. The summed E-state index contributed by atoms with van der Waals surface area (Å²) in [5.41, 5.74) is 3.75. The fourth-order valence-corrected chi connectivity index (χ4v) is 1.43. The van der Waals surface area contributed by atoms with Gasteiger partial charge in [-0.05, 0) is 34.5 Å². The monoisotopic (exact) mass is 243 g/mol. The standard InChI is InChI=1S/C9H14BrN3/c1-2-3-9(13-11)8-5-4-7(10)6-12-8/h4-6,9,13H,2-3,11H2,1H3. The van der Waals surface area contributed by atoms with Crippen LogP contribution in [0.3, 0.4) is 0 Å². The first-order valence-electron chi connectivity index (χ1n) is 4.35. The first-order chi connectivity index (χ1) is 6.27. The van der Waals surface area contributed by atoms with E-state index in [0.29, 0.717) is 0 Å². The molecule has 1 aromatic rings. The van der Waals surface area contributed by atoms with E-state index in [-0.39, 0.29) is 6.04 Å². The molecule has 1 aromatic heterocycles. The van der Waals surface area contributed by atoms with Crippen LogP contribution in [0.4, 0.5) is 0 Å². The van der Waals surface area contributed by atoms with E-state index in [9.17, 15) is 0 Å². The zero-order valence-corrected chi connectivity index (χ0v) is 9.21. The minimum Gasteiger partial charge on any atom is -0.271 e. The Labute approximate surface area is 86.8 Å². The molecule has 72 valence electrons. The van der Waals surface area contributed by atoms with Crippen molar-refractivity contribution >= 4 is 15.9 Å². The minimum atomic E-state index is 0.165. The number of halogens is 1. The maximum absolute atomic E-state index is 5.43. The van der Waals surface area contributed by atoms with E-state index in [2.05, 4.69) is 33.3 Å². The number of aromatic nitrogens is 1. The second-order valence-corrected chi connectivity index (χ2v) is 3.82. The molecule has 0 spiro atoms. The highest BCUT2D eigenvalue weighted by atomic mass is 79.9. The quantitative estimate of drug-likeness (QED) is 0.630. The normalized spacial score (nSPS) is 12.8. The van der Waals surface area contributed by atoms with Crippen molar-refractivity contribution in [2.24, 2.45) is 5.84 Å². The van der Waals surface area contributed by atoms with Gasteiger partial charge in [0.2, 0.25) is 0 Å². The van der Waals surface area contributed by atoms with Crippen LogP contribution in [0.15, 0.2) is 22.8 Å². The minimum absolute atomic E-state index is 0.165. The van der Waals surface area contributed by atoms with Gasteiger partial charge in [0.05, 0.1) is 11.7 Å². The maximum atomic E-state index is 5.43. The van der Waals surface area contributed by atoms with Crippen molar-refractivity contribution < 1.29 is 0 Å². The molecular formula is C9H14BrN3. The molecule has 0 fully saturated rings. The lowest BCUT2D eigenvalue weighted by atomic mass is 10.1. The molecule has 0 aromatic carbocycles. The summed E-state index contributed by atoms with van der Waals surface area (Å²) in [6.45, 7) is 2.13. The number of nitrogens with two attached hydrogens (primary N) is 1. The van der Waals surface area contributed by atoms with Crippen LogP contribution in [0.1, 0.15) is 31.5 Å². The van der Waals surface area contributed by atoms with Gasteiger partial charge in [0.1, 0.15) is 0 Å². The lowest BCUT2D eigenvalue weighted by Crippen LogP contribution is -2.28. The first kappa shape index (κ1) is 10.6. The van der Waals surface area contributed by atoms with Crippen LogP contribution in [0, 0.1) is 0 Å². The van der Waals surface area contributed by atoms with Gasteiger partial charge in [0, 0.05) is 10.7 Å². The third-order valence-electron chi connectivity index (χ3n) is 1.89. The Morgan fingerprint density at radius 3 is 2.85 bits per heavy atom. The molecule has 1 atom stereocenters. The summed E-state index contributed by atoms with van der Waals surface area (Å²) in [5, 5.41) is 0. The van der Waals surface area contributed by atoms with Gasteiger partial charge >= 0.3 is 0 Å². The first-order valence-corrected chi connectivity index (χ1v) is 5.14. The Balaban J connectivity index is 2.73. The van der Waals surface area contributed by atoms with E-state index in [1.807, 2.05) is 12.1 Å². The Kier molecular flexibility index (Phi) is 4.35. The van der Waals surface area contributed by atoms with E-state index in [1.165, 1.54) is 0 Å². The molecule has 3 N–H and O–H groups in total. The van der Waals surface area contributed by atoms with E-state index >= 15 is 0 Å². The molecule has 3 nitrogen and oxygen atoms in total. The Morgan fingerprint density at radius 2 is 2.38 bits per heavy atom. The molecule has 1 heterocycles. The molecular weight excluding hydrogens is 230 g/mol. The van der Waals surface area contributed by atoms with Crippen LogP contribution in [0.2, 0.25) is 0 Å². The summed E-state index contributed by atoms with van der Waals surface area (Å²) >= 11 is 3.34. The van der Waals surface area contributed by atoms with Crippen molar-refractivity contribution in [2.75, 3.05) is 0 Å². The molecule has 0 radical (unpaired) electrons. The lowest BCUT2D eigenvalue weighted by molar-refractivity contribution is 0.498. The van der Waals surface area contributed by atoms with Gasteiger partial charge < -0.3 is 0 Å². The number of pyridine rings is 1. The Bertz CT molecular complexity index is 248. The Morgan fingerprint density at radius 1 is 1.62 bits per heavy atom. The summed E-state index contributed by atoms with van der Waals surface area (Å²) in [7, 11) is 0. The molecule has 0 saturated carbocycles. The van der Waals surface area contributed by atoms with Crippen molar-refractivity contribution in [1.82, 2.24) is 10.4 Å². The Hall–Kier alpha value is -0.450. The van der Waals surface area contributed by atoms with Gasteiger partial charge in [-0.2, -0.15) is 0 Å². The van der Waals surface area contributed by atoms with Crippen molar-refractivity contribution in [3.63, 3.8) is 0 Å². The average Bonchev–Trinajstić information content (AvgIpc) is 2.16. The summed E-state index contributed by atoms with van der Waals surface area (Å²) < 4.78 is 0.989. The summed E-state index contributed by atoms with van der Waals surface area (Å²) in [5.74, 6) is 5.43. The number of nitrogens with one attached hydrogen (secondary N) is 1. The zero-order valence-electron chi connectivity index (χ0n) is 7.63. The number of hydrogen-bond donors (Lipinski definition) is 2. The van der Waals surface area contributed by atoms with Crippen LogP contribution in [0.5, 0.6) is 0 Å². The van der Waals surface area contributed by atoms with Crippen LogP contribution < -0.4 is 11.3 Å². The van der Waals surface area contributed by atoms with E-state index in [0.717, 1.165) is 23.0 Å². The van der Waals surface area contributed by atoms with Gasteiger partial charge in [-0.25, -0.2) is 0 Å². The smallest absolute Gasteiger partial charge is 0.0632 e. The summed E-state index contributed by atoms with van der Waals surface area (Å²) in [6.07, 6.45) is 3.88. The molecule has 0 aliphatic rings. The number of nitrogens with zero attached hydrogens (tertiary/aromatic N) is 1. The molecule has 13 heavy (non-hydrogen) atoms. The lowest BCUT2D eigenvalue weighted by Gasteiger charge is -2.13. The van der Waals surface area contributed by atoms with E-state index in [1.54, 1.807) is 6.20 Å². The highest BCUT2D eigenvalue weighted by Gasteiger charge is 2.08. The topological polar surface area (TPSA) is 50.9 Å². The van der Waals surface area contributed by atoms with Gasteiger partial charge in [-0.1, -0.05) is 13.3 Å². The second kappa shape index (κ2) is 5.32. The predicted molar refractivity (Wildman–Crippen MR) is 56.9 cm³/mol. The summed E-state index contributed by atoms with van der Waals surface area (Å²) in [4.78, 5) is 4.28. The van der Waals surface area contributed by atoms with Crippen LogP contribution in [-0.4, -0.2) is 4.98 Å². The van der Waals surface area contributed by atoms with Gasteiger partial charge in [-0.3, -0.25) is 16.3 Å². The van der Waals surface area contributed by atoms with Gasteiger partial charge in [0.15, 0.2) is 0 Å². The molecule has 1 unspecified atom stereocenters. The van der Waals surface area contributed by atoms with Crippen molar-refractivity contribution in [1.29, 1.82) is 0 Å². The second-order valence-electron chi connectivity index (χ2n) is 2.91. The number of rotatable bonds is 4. The molecule has 4 heteroatoms. The molecule has 0 saturated heterocycles. The number of hydrazine groups is 1. The molecule has 0 bridgehead atoms. The third kappa shape index (κ3) is 3.06. The van der Waals surface area contributed by atoms with Gasteiger partial charge in [-0.15, -0.1) is 0 Å². The van der Waals surface area contributed by atoms with Crippen molar-refractivity contribution in [3.8, 4) is 0 Å². The van der Waals surface area contributed by atoms with Crippen LogP contribution in [-0.2, 0) is 0 Å². The van der Waals surface area contributed by atoms with Crippen LogP contribution >= 0.6 is 15.9 Å². The SMILES string of the molecule is CCCC(NN)c1ccc(Br)cn1. The molecule has 0 amide bonds. The van der Waals surface area contributed by atoms with Crippen LogP contribution in [0.25, 0.3) is 0 Å². The third-order valence-corrected chi connectivity index (χ3v) is 2.35. The van der Waals surface area contributed by atoms with Crippen molar-refractivity contribution in [2.45, 2.75) is 25.8 Å². The van der Waals surface area contributed by atoms with E-state index < -0.39 is 0 Å². The zero-order chi connectivity index (χ0) is 9.68. The highest BCUT2D eigenvalue weighted by molar-refractivity contribution is 9.10. The fraction of sp³-hybridized carbons (Fsp3) is 0.444. The fourth-order valence-electron chi connectivity index (χ4n) is 1.20. The molecule has 1 rings (SSSR count). The maximum Gasteiger partial charge on any atom is 0.0632 e. The highest BCUT2D eigenvalue weighted by Crippen LogP contribution is 2.16. The molecule has 0 aliphatic heterocycles. The predicted octanol–water partition coefficient (Wildman–Crippen LogP) is 2.15.